The van der Waals surface area contributed by atoms with Gasteiger partial charge in [0.15, 0.2) is 5.65 Å². The summed E-state index contributed by atoms with van der Waals surface area (Å²) in [6.45, 7) is 5.76. The molecule has 3 aromatic rings. The predicted molar refractivity (Wildman–Crippen MR) is 118 cm³/mol. The van der Waals surface area contributed by atoms with Crippen LogP contribution in [0.5, 0.6) is 0 Å². The van der Waals surface area contributed by atoms with E-state index in [1.165, 1.54) is 6.07 Å². The lowest BCUT2D eigenvalue weighted by Crippen LogP contribution is -2.34. The average molecular weight is 441 g/mol. The lowest BCUT2D eigenvalue weighted by molar-refractivity contribution is -0.118. The number of amidine groups is 1. The molecular formula is C21H24N6O3S. The number of nitrogens with one attached hydrogen (secondary N) is 2. The van der Waals surface area contributed by atoms with Crippen molar-refractivity contribution in [1.82, 2.24) is 19.5 Å². The van der Waals surface area contributed by atoms with Gasteiger partial charge in [-0.3, -0.25) is 19.2 Å². The zero-order valence-electron chi connectivity index (χ0n) is 17.7. The van der Waals surface area contributed by atoms with Crippen molar-refractivity contribution >= 4 is 38.5 Å². The normalized spacial score (nSPS) is 17.9. The van der Waals surface area contributed by atoms with E-state index < -0.39 is 16.1 Å². The Bertz CT molecular complexity index is 1310. The number of aryl methyl sites for hydroxylation is 2. The Morgan fingerprint density at radius 3 is 2.81 bits per heavy atom. The third-order valence-corrected chi connectivity index (χ3v) is 6.91. The first-order valence-corrected chi connectivity index (χ1v) is 11.5. The smallest absolute Gasteiger partial charge is 0.263 e. The maximum atomic E-state index is 13.2. The van der Waals surface area contributed by atoms with Crippen LogP contribution in [0.15, 0.2) is 46.4 Å². The van der Waals surface area contributed by atoms with Crippen molar-refractivity contribution in [3.8, 4) is 0 Å². The van der Waals surface area contributed by atoms with Crippen LogP contribution < -0.4 is 10.0 Å². The number of benzene rings is 1. The van der Waals surface area contributed by atoms with Crippen LogP contribution in [0.2, 0.25) is 0 Å². The van der Waals surface area contributed by atoms with Crippen molar-refractivity contribution in [1.29, 1.82) is 0 Å². The molecule has 0 fully saturated rings. The number of carbonyl (C=O) groups is 1. The number of aromatic nitrogens is 3. The molecule has 0 unspecified atom stereocenters. The molecule has 1 aromatic carbocycles. The van der Waals surface area contributed by atoms with E-state index >= 15 is 0 Å². The number of nitrogens with zero attached hydrogens (tertiary/aromatic N) is 4. The second-order valence-corrected chi connectivity index (χ2v) is 9.35. The van der Waals surface area contributed by atoms with Crippen LogP contribution in [0.1, 0.15) is 31.5 Å². The largest absolute Gasteiger partial charge is 0.323 e. The van der Waals surface area contributed by atoms with E-state index in [9.17, 15) is 13.2 Å². The molecule has 31 heavy (non-hydrogen) atoms. The first-order valence-electron chi connectivity index (χ1n) is 10.0. The van der Waals surface area contributed by atoms with E-state index in [0.29, 0.717) is 17.7 Å². The summed E-state index contributed by atoms with van der Waals surface area (Å²) in [5, 5.41) is 8.08. The maximum absolute atomic E-state index is 13.2. The molecule has 0 bridgehead atoms. The second-order valence-electron chi connectivity index (χ2n) is 7.70. The SMILES string of the molecule is CC[C@H](C)[C@H](N=C1NS(=O)(=O)c2ccccc21)C(=O)Nc1cnc2c(c1)c(C)nn2C. The first kappa shape index (κ1) is 21.0. The molecule has 4 rings (SSSR count). The molecule has 1 aliphatic heterocycles. The molecule has 9 nitrogen and oxygen atoms in total. The van der Waals surface area contributed by atoms with Gasteiger partial charge < -0.3 is 5.32 Å². The zero-order valence-corrected chi connectivity index (χ0v) is 18.6. The Hall–Kier alpha value is -3.27. The summed E-state index contributed by atoms with van der Waals surface area (Å²) in [4.78, 5) is 22.3. The number of sulfonamides is 1. The molecule has 0 saturated heterocycles. The minimum Gasteiger partial charge on any atom is -0.323 e. The van der Waals surface area contributed by atoms with Gasteiger partial charge >= 0.3 is 0 Å². The highest BCUT2D eigenvalue weighted by molar-refractivity contribution is 7.90. The predicted octanol–water partition coefficient (Wildman–Crippen LogP) is 2.37. The van der Waals surface area contributed by atoms with Crippen LogP contribution in [0.3, 0.4) is 0 Å². The van der Waals surface area contributed by atoms with Crippen molar-refractivity contribution in [2.75, 3.05) is 5.32 Å². The molecule has 2 aromatic heterocycles. The van der Waals surface area contributed by atoms with Gasteiger partial charge in [-0.05, 0) is 31.0 Å². The summed E-state index contributed by atoms with van der Waals surface area (Å²) in [6.07, 6.45) is 2.28. The van der Waals surface area contributed by atoms with E-state index in [0.717, 1.165) is 16.7 Å². The molecule has 1 amide bonds. The minimum atomic E-state index is -3.68. The summed E-state index contributed by atoms with van der Waals surface area (Å²) < 4.78 is 29.0. The first-order chi connectivity index (χ1) is 14.7. The average Bonchev–Trinajstić information content (AvgIpc) is 3.17. The molecule has 3 heterocycles. The van der Waals surface area contributed by atoms with E-state index in [1.807, 2.05) is 33.9 Å². The van der Waals surface area contributed by atoms with Crippen LogP contribution in [0.4, 0.5) is 5.69 Å². The second kappa shape index (κ2) is 7.77. The Morgan fingerprint density at radius 2 is 2.06 bits per heavy atom. The molecule has 1 aliphatic rings. The number of carbonyl (C=O) groups excluding carboxylic acids is 1. The minimum absolute atomic E-state index is 0.110. The standard InChI is InChI=1S/C21H24N6O3S/c1-5-12(2)18(24-19-15-8-6-7-9-17(15)31(29,30)26-19)21(28)23-14-10-16-13(3)25-27(4)20(16)22-11-14/h6-12,18H,5H2,1-4H3,(H,23,28)(H,24,26)/t12-,18-/m0/s1. The van der Waals surface area contributed by atoms with E-state index in [4.69, 9.17) is 0 Å². The van der Waals surface area contributed by atoms with Crippen LogP contribution >= 0.6 is 0 Å². The van der Waals surface area contributed by atoms with E-state index in [-0.39, 0.29) is 22.6 Å². The van der Waals surface area contributed by atoms with Gasteiger partial charge in [-0.1, -0.05) is 32.4 Å². The van der Waals surface area contributed by atoms with Gasteiger partial charge in [0.1, 0.15) is 11.9 Å². The van der Waals surface area contributed by atoms with Gasteiger partial charge in [0.2, 0.25) is 5.91 Å². The monoisotopic (exact) mass is 440 g/mol. The fourth-order valence-corrected chi connectivity index (χ4v) is 4.87. The molecular weight excluding hydrogens is 416 g/mol. The van der Waals surface area contributed by atoms with Crippen molar-refractivity contribution < 1.29 is 13.2 Å². The van der Waals surface area contributed by atoms with Crippen LogP contribution in [-0.2, 0) is 21.9 Å². The van der Waals surface area contributed by atoms with Crippen molar-refractivity contribution in [2.24, 2.45) is 18.0 Å². The molecule has 10 heteroatoms. The van der Waals surface area contributed by atoms with Gasteiger partial charge in [0, 0.05) is 18.0 Å². The molecule has 162 valence electrons. The number of fused-ring (bicyclic) bond motifs is 2. The van der Waals surface area contributed by atoms with Crippen molar-refractivity contribution in [3.05, 3.63) is 47.8 Å². The molecule has 2 atom stereocenters. The fourth-order valence-electron chi connectivity index (χ4n) is 3.63. The fraction of sp³-hybridized carbons (Fsp3) is 0.333. The summed E-state index contributed by atoms with van der Waals surface area (Å²) in [5.74, 6) is -0.248. The number of hydrogen-bond acceptors (Lipinski definition) is 6. The van der Waals surface area contributed by atoms with E-state index in [2.05, 4.69) is 25.1 Å². The Labute approximate surface area is 180 Å². The van der Waals surface area contributed by atoms with Gasteiger partial charge in [-0.2, -0.15) is 5.10 Å². The Balaban J connectivity index is 1.67. The summed E-state index contributed by atoms with van der Waals surface area (Å²) in [5.41, 5.74) is 2.55. The van der Waals surface area contributed by atoms with Crippen LogP contribution in [0, 0.1) is 12.8 Å². The molecule has 0 radical (unpaired) electrons. The zero-order chi connectivity index (χ0) is 22.3. The number of aliphatic imine (C=N–C) groups is 1. The lowest BCUT2D eigenvalue weighted by atomic mass is 9.98. The molecule has 0 aliphatic carbocycles. The number of pyridine rings is 1. The number of amides is 1. The lowest BCUT2D eigenvalue weighted by Gasteiger charge is -2.19. The van der Waals surface area contributed by atoms with Crippen LogP contribution in [-0.4, -0.2) is 41.0 Å². The van der Waals surface area contributed by atoms with Gasteiger partial charge in [-0.25, -0.2) is 13.4 Å². The maximum Gasteiger partial charge on any atom is 0.263 e. The van der Waals surface area contributed by atoms with Crippen molar-refractivity contribution in [3.63, 3.8) is 0 Å². The Kier molecular flexibility index (Phi) is 5.26. The molecule has 0 spiro atoms. The number of anilines is 1. The van der Waals surface area contributed by atoms with Gasteiger partial charge in [0.25, 0.3) is 10.0 Å². The van der Waals surface area contributed by atoms with E-state index in [1.54, 1.807) is 29.1 Å². The summed E-state index contributed by atoms with van der Waals surface area (Å²) in [6, 6.07) is 7.66. The van der Waals surface area contributed by atoms with Gasteiger partial charge in [-0.15, -0.1) is 0 Å². The Morgan fingerprint density at radius 1 is 1.32 bits per heavy atom. The summed E-state index contributed by atoms with van der Waals surface area (Å²) >= 11 is 0. The quantitative estimate of drug-likeness (QED) is 0.631. The third-order valence-electron chi connectivity index (χ3n) is 5.51. The highest BCUT2D eigenvalue weighted by Gasteiger charge is 2.33. The highest BCUT2D eigenvalue weighted by atomic mass is 32.2. The van der Waals surface area contributed by atoms with Gasteiger partial charge in [0.05, 0.1) is 22.5 Å². The number of rotatable bonds is 5. The van der Waals surface area contributed by atoms with Crippen LogP contribution in [0.25, 0.3) is 11.0 Å². The number of hydrogen-bond donors (Lipinski definition) is 2. The highest BCUT2D eigenvalue weighted by Crippen LogP contribution is 2.25. The topological polar surface area (TPSA) is 118 Å². The summed E-state index contributed by atoms with van der Waals surface area (Å²) in [7, 11) is -1.86. The van der Waals surface area contributed by atoms with Crippen molar-refractivity contribution in [2.45, 2.75) is 38.1 Å². The third kappa shape index (κ3) is 3.78. The molecule has 0 saturated carbocycles. The molecule has 2 N–H and O–H groups in total.